The molecule has 1 aliphatic rings. The number of carboxylic acids is 1. The van der Waals surface area contributed by atoms with Crippen LogP contribution < -0.4 is 0 Å². The van der Waals surface area contributed by atoms with E-state index >= 15 is 0 Å². The lowest BCUT2D eigenvalue weighted by Crippen LogP contribution is -2.27. The van der Waals surface area contributed by atoms with Crippen molar-refractivity contribution < 1.29 is 9.90 Å². The number of nitrogens with zero attached hydrogens (tertiary/aromatic N) is 3. The molecule has 0 spiro atoms. The predicted molar refractivity (Wildman–Crippen MR) is 78.0 cm³/mol. The molecule has 1 aliphatic carbocycles. The van der Waals surface area contributed by atoms with Crippen LogP contribution in [0.3, 0.4) is 0 Å². The minimum Gasteiger partial charge on any atom is -0.481 e. The van der Waals surface area contributed by atoms with E-state index in [1.165, 1.54) is 24.6 Å². The lowest BCUT2D eigenvalue weighted by atomic mass is 10.0. The highest BCUT2D eigenvalue weighted by Gasteiger charge is 2.34. The molecule has 2 aromatic heterocycles. The monoisotopic (exact) mass is 291 g/mol. The van der Waals surface area contributed by atoms with E-state index in [0.29, 0.717) is 0 Å². The van der Waals surface area contributed by atoms with Crippen LogP contribution >= 0.6 is 11.8 Å². The van der Waals surface area contributed by atoms with E-state index in [4.69, 9.17) is 5.11 Å². The number of fused-ring (bicyclic) bond motifs is 1. The molecule has 5 nitrogen and oxygen atoms in total. The summed E-state index contributed by atoms with van der Waals surface area (Å²) in [5, 5.41) is 9.67. The number of carboxylic acid groups (broad SMARTS) is 1. The minimum atomic E-state index is -0.821. The zero-order valence-electron chi connectivity index (χ0n) is 11.4. The van der Waals surface area contributed by atoms with E-state index in [2.05, 4.69) is 21.5 Å². The molecule has 0 radical (unpaired) electrons. The second kappa shape index (κ2) is 5.09. The second-order valence-corrected chi connectivity index (χ2v) is 6.40. The van der Waals surface area contributed by atoms with Gasteiger partial charge in [0.1, 0.15) is 5.52 Å². The standard InChI is InChI=1S/C14H17N3O2S/c1-14(6-2-3-7-14)17-12-10(5-4-8-15-12)16-13(17)20-9-11(18)19/h4-5,8H,2-3,6-7,9H2,1H3,(H,18,19). The van der Waals surface area contributed by atoms with Gasteiger partial charge >= 0.3 is 5.97 Å². The van der Waals surface area contributed by atoms with Crippen LogP contribution in [0.2, 0.25) is 0 Å². The van der Waals surface area contributed by atoms with Crippen LogP contribution in [0.1, 0.15) is 32.6 Å². The Morgan fingerprint density at radius 3 is 2.95 bits per heavy atom. The van der Waals surface area contributed by atoms with E-state index in [1.54, 1.807) is 6.20 Å². The van der Waals surface area contributed by atoms with E-state index in [9.17, 15) is 4.79 Å². The molecule has 1 saturated carbocycles. The molecule has 1 fully saturated rings. The molecule has 106 valence electrons. The summed E-state index contributed by atoms with van der Waals surface area (Å²) in [5.41, 5.74) is 1.71. The average Bonchev–Trinajstić information content (AvgIpc) is 3.00. The maximum atomic E-state index is 10.8. The molecule has 0 aliphatic heterocycles. The number of imidazole rings is 1. The third-order valence-corrected chi connectivity index (χ3v) is 4.85. The Labute approximate surface area is 121 Å². The van der Waals surface area contributed by atoms with Crippen molar-refractivity contribution in [3.63, 3.8) is 0 Å². The van der Waals surface area contributed by atoms with Crippen LogP contribution in [-0.4, -0.2) is 31.4 Å². The third kappa shape index (κ3) is 2.28. The van der Waals surface area contributed by atoms with Gasteiger partial charge < -0.3 is 5.11 Å². The van der Waals surface area contributed by atoms with Gasteiger partial charge in [-0.1, -0.05) is 24.6 Å². The summed E-state index contributed by atoms with van der Waals surface area (Å²) in [6.07, 6.45) is 6.36. The number of carbonyl (C=O) groups is 1. The van der Waals surface area contributed by atoms with Crippen molar-refractivity contribution in [2.75, 3.05) is 5.75 Å². The first kappa shape index (κ1) is 13.4. The molecule has 6 heteroatoms. The van der Waals surface area contributed by atoms with Gasteiger partial charge in [0.25, 0.3) is 0 Å². The maximum Gasteiger partial charge on any atom is 0.313 e. The first-order valence-corrected chi connectivity index (χ1v) is 7.77. The average molecular weight is 291 g/mol. The summed E-state index contributed by atoms with van der Waals surface area (Å²) in [6, 6.07) is 3.80. The number of pyridine rings is 1. The molecule has 0 atom stereocenters. The van der Waals surface area contributed by atoms with Gasteiger partial charge in [0.15, 0.2) is 10.8 Å². The van der Waals surface area contributed by atoms with Gasteiger partial charge in [-0.2, -0.15) is 0 Å². The van der Waals surface area contributed by atoms with Gasteiger partial charge in [0.2, 0.25) is 0 Å². The third-order valence-electron chi connectivity index (χ3n) is 3.93. The summed E-state index contributed by atoms with van der Waals surface area (Å²) >= 11 is 1.28. The minimum absolute atomic E-state index is 0.00391. The van der Waals surface area contributed by atoms with E-state index < -0.39 is 5.97 Å². The quantitative estimate of drug-likeness (QED) is 0.877. The normalized spacial score (nSPS) is 17.6. The van der Waals surface area contributed by atoms with Gasteiger partial charge in [-0.3, -0.25) is 9.36 Å². The Hall–Kier alpha value is -1.56. The molecular formula is C14H17N3O2S. The highest BCUT2D eigenvalue weighted by molar-refractivity contribution is 7.99. The lowest BCUT2D eigenvalue weighted by Gasteiger charge is -2.27. The fourth-order valence-corrected chi connectivity index (χ4v) is 3.81. The van der Waals surface area contributed by atoms with Crippen molar-refractivity contribution in [3.05, 3.63) is 18.3 Å². The zero-order chi connectivity index (χ0) is 14.2. The summed E-state index contributed by atoms with van der Waals surface area (Å²) in [6.45, 7) is 2.22. The number of hydrogen-bond acceptors (Lipinski definition) is 4. The van der Waals surface area contributed by atoms with E-state index in [-0.39, 0.29) is 11.3 Å². The van der Waals surface area contributed by atoms with Gasteiger partial charge in [-0.05, 0) is 31.9 Å². The topological polar surface area (TPSA) is 68.0 Å². The van der Waals surface area contributed by atoms with Crippen molar-refractivity contribution >= 4 is 28.9 Å². The summed E-state index contributed by atoms with van der Waals surface area (Å²) in [4.78, 5) is 19.9. The molecule has 0 saturated heterocycles. The van der Waals surface area contributed by atoms with Crippen LogP contribution in [0.25, 0.3) is 11.2 Å². The highest BCUT2D eigenvalue weighted by atomic mass is 32.2. The molecule has 3 rings (SSSR count). The Bertz CT molecular complexity index is 647. The molecule has 1 N–H and O–H groups in total. The number of hydrogen-bond donors (Lipinski definition) is 1. The molecular weight excluding hydrogens is 274 g/mol. The largest absolute Gasteiger partial charge is 0.481 e. The summed E-state index contributed by atoms with van der Waals surface area (Å²) in [5.74, 6) is -0.794. The summed E-state index contributed by atoms with van der Waals surface area (Å²) in [7, 11) is 0. The maximum absolute atomic E-state index is 10.8. The molecule has 0 aromatic carbocycles. The van der Waals surface area contributed by atoms with Gasteiger partial charge in [-0.15, -0.1) is 0 Å². The Kier molecular flexibility index (Phi) is 3.41. The number of aromatic nitrogens is 3. The Balaban J connectivity index is 2.10. The Morgan fingerprint density at radius 1 is 1.50 bits per heavy atom. The fourth-order valence-electron chi connectivity index (χ4n) is 2.96. The molecule has 0 bridgehead atoms. The van der Waals surface area contributed by atoms with Crippen LogP contribution in [0.15, 0.2) is 23.5 Å². The van der Waals surface area contributed by atoms with Gasteiger partial charge in [0.05, 0.1) is 5.75 Å². The fraction of sp³-hybridized carbons (Fsp3) is 0.500. The molecule has 0 unspecified atom stereocenters. The van der Waals surface area contributed by atoms with Crippen molar-refractivity contribution in [3.8, 4) is 0 Å². The Morgan fingerprint density at radius 2 is 2.25 bits per heavy atom. The van der Waals surface area contributed by atoms with Crippen LogP contribution in [0.4, 0.5) is 0 Å². The second-order valence-electron chi connectivity index (χ2n) is 5.46. The van der Waals surface area contributed by atoms with E-state index in [1.807, 2.05) is 12.1 Å². The van der Waals surface area contributed by atoms with Crippen LogP contribution in [-0.2, 0) is 10.3 Å². The number of thioether (sulfide) groups is 1. The molecule has 0 amide bonds. The zero-order valence-corrected chi connectivity index (χ0v) is 12.2. The lowest BCUT2D eigenvalue weighted by molar-refractivity contribution is -0.133. The highest BCUT2D eigenvalue weighted by Crippen LogP contribution is 2.40. The van der Waals surface area contributed by atoms with Crippen LogP contribution in [0, 0.1) is 0 Å². The SMILES string of the molecule is CC1(n2c(SCC(=O)O)nc3cccnc32)CCCC1. The first-order valence-electron chi connectivity index (χ1n) is 6.79. The number of aliphatic carboxylic acids is 1. The van der Waals surface area contributed by atoms with Crippen molar-refractivity contribution in [2.24, 2.45) is 0 Å². The van der Waals surface area contributed by atoms with Crippen LogP contribution in [0.5, 0.6) is 0 Å². The smallest absolute Gasteiger partial charge is 0.313 e. The number of rotatable bonds is 4. The van der Waals surface area contributed by atoms with Crippen molar-refractivity contribution in [1.82, 2.24) is 14.5 Å². The van der Waals surface area contributed by atoms with Gasteiger partial charge in [0, 0.05) is 11.7 Å². The first-order chi connectivity index (χ1) is 9.60. The van der Waals surface area contributed by atoms with Crippen molar-refractivity contribution in [2.45, 2.75) is 43.3 Å². The molecule has 2 heterocycles. The summed E-state index contributed by atoms with van der Waals surface area (Å²) < 4.78 is 2.16. The van der Waals surface area contributed by atoms with Crippen molar-refractivity contribution in [1.29, 1.82) is 0 Å². The van der Waals surface area contributed by atoms with Gasteiger partial charge in [-0.25, -0.2) is 9.97 Å². The molecule has 20 heavy (non-hydrogen) atoms. The predicted octanol–water partition coefficient (Wildman–Crippen LogP) is 2.90. The molecule has 2 aromatic rings. The van der Waals surface area contributed by atoms with E-state index in [0.717, 1.165) is 29.2 Å².